The average Bonchev–Trinajstić information content (AvgIpc) is 2.42. The average molecular weight is 263 g/mol. The minimum absolute atomic E-state index is 0.127. The third-order valence-corrected chi connectivity index (χ3v) is 3.18. The van der Waals surface area contributed by atoms with Gasteiger partial charge in [-0.1, -0.05) is 13.8 Å². The van der Waals surface area contributed by atoms with Gasteiger partial charge in [-0.15, -0.1) is 0 Å². The molecule has 0 fully saturated rings. The van der Waals surface area contributed by atoms with E-state index in [9.17, 15) is 9.59 Å². The van der Waals surface area contributed by atoms with Gasteiger partial charge in [-0.3, -0.25) is 9.59 Å². The summed E-state index contributed by atoms with van der Waals surface area (Å²) < 4.78 is 5.50. The molecule has 1 aromatic carbocycles. The minimum Gasteiger partial charge on any atom is -0.494 e. The Morgan fingerprint density at radius 2 is 2.21 bits per heavy atom. The summed E-state index contributed by atoms with van der Waals surface area (Å²) in [5.41, 5.74) is 6.54. The van der Waals surface area contributed by atoms with E-state index < -0.39 is 0 Å². The number of nitrogen functional groups attached to an aromatic ring is 1. The topological polar surface area (TPSA) is 69.4 Å². The fraction of sp³-hybridized carbons (Fsp3) is 0.467. The quantitative estimate of drug-likeness (QED) is 0.445. The summed E-state index contributed by atoms with van der Waals surface area (Å²) in [7, 11) is 0. The monoisotopic (exact) mass is 263 g/mol. The Balaban J connectivity index is 2.35. The molecule has 19 heavy (non-hydrogen) atoms. The molecular weight excluding hydrogens is 242 g/mol. The fourth-order valence-corrected chi connectivity index (χ4v) is 1.66. The molecule has 0 radical (unpaired) electrons. The number of ether oxygens (including phenoxy) is 1. The van der Waals surface area contributed by atoms with E-state index in [1.54, 1.807) is 18.2 Å². The Bertz CT molecular complexity index is 443. The van der Waals surface area contributed by atoms with Crippen LogP contribution in [0.25, 0.3) is 0 Å². The van der Waals surface area contributed by atoms with Gasteiger partial charge in [0.05, 0.1) is 6.61 Å². The highest BCUT2D eigenvalue weighted by atomic mass is 16.5. The minimum atomic E-state index is 0.127. The first kappa shape index (κ1) is 15.2. The zero-order valence-electron chi connectivity index (χ0n) is 11.5. The van der Waals surface area contributed by atoms with E-state index in [1.807, 2.05) is 13.8 Å². The van der Waals surface area contributed by atoms with E-state index in [4.69, 9.17) is 10.5 Å². The second kappa shape index (κ2) is 7.56. The van der Waals surface area contributed by atoms with Crippen LogP contribution in [0.1, 0.15) is 43.5 Å². The number of hydrogen-bond acceptors (Lipinski definition) is 4. The molecule has 2 N–H and O–H groups in total. The molecule has 4 nitrogen and oxygen atoms in total. The normalized spacial score (nSPS) is 11.9. The smallest absolute Gasteiger partial charge is 0.152 e. The van der Waals surface area contributed by atoms with Crippen LogP contribution in [0.2, 0.25) is 0 Å². The van der Waals surface area contributed by atoms with Crippen molar-refractivity contribution in [1.29, 1.82) is 0 Å². The van der Waals surface area contributed by atoms with Crippen molar-refractivity contribution in [2.45, 2.75) is 33.1 Å². The molecule has 1 atom stereocenters. The molecule has 0 bridgehead atoms. The van der Waals surface area contributed by atoms with E-state index in [0.717, 1.165) is 6.42 Å². The number of ketones is 1. The first-order valence-corrected chi connectivity index (χ1v) is 6.58. The summed E-state index contributed by atoms with van der Waals surface area (Å²) >= 11 is 0. The lowest BCUT2D eigenvalue weighted by atomic mass is 10.0. The van der Waals surface area contributed by atoms with Crippen molar-refractivity contribution < 1.29 is 14.3 Å². The Morgan fingerprint density at radius 3 is 2.79 bits per heavy atom. The molecule has 104 valence electrons. The Labute approximate surface area is 113 Å². The third kappa shape index (κ3) is 4.73. The van der Waals surface area contributed by atoms with Crippen molar-refractivity contribution in [1.82, 2.24) is 0 Å². The van der Waals surface area contributed by atoms with Crippen molar-refractivity contribution >= 4 is 17.8 Å². The second-order valence-electron chi connectivity index (χ2n) is 4.64. The Kier molecular flexibility index (Phi) is 6.06. The maximum absolute atomic E-state index is 11.6. The highest BCUT2D eigenvalue weighted by Crippen LogP contribution is 2.19. The van der Waals surface area contributed by atoms with Crippen LogP contribution in [-0.2, 0) is 4.79 Å². The van der Waals surface area contributed by atoms with Crippen LogP contribution in [0.4, 0.5) is 5.69 Å². The zero-order valence-corrected chi connectivity index (χ0v) is 11.5. The van der Waals surface area contributed by atoms with E-state index in [2.05, 4.69) is 0 Å². The van der Waals surface area contributed by atoms with Crippen LogP contribution in [0.5, 0.6) is 5.75 Å². The standard InChI is InChI=1S/C15H21NO3/c1-3-11(2)15(18)5-4-8-19-13-7-6-12(10-17)14(16)9-13/h6-7,9-11H,3-5,8,16H2,1-2H3. The summed E-state index contributed by atoms with van der Waals surface area (Å²) in [6, 6.07) is 4.96. The van der Waals surface area contributed by atoms with E-state index in [1.165, 1.54) is 0 Å². The van der Waals surface area contributed by atoms with Gasteiger partial charge in [0.1, 0.15) is 11.5 Å². The second-order valence-corrected chi connectivity index (χ2v) is 4.64. The number of aldehydes is 1. The van der Waals surface area contributed by atoms with Gasteiger partial charge in [0.2, 0.25) is 0 Å². The van der Waals surface area contributed by atoms with Gasteiger partial charge in [0.15, 0.2) is 6.29 Å². The molecule has 0 amide bonds. The molecule has 0 aromatic heterocycles. The first-order chi connectivity index (χ1) is 9.08. The number of carbonyl (C=O) groups excluding carboxylic acids is 2. The van der Waals surface area contributed by atoms with Gasteiger partial charge in [0, 0.05) is 29.7 Å². The molecular formula is C15H21NO3. The molecule has 1 aromatic rings. The number of carbonyl (C=O) groups is 2. The summed E-state index contributed by atoms with van der Waals surface area (Å²) in [4.78, 5) is 22.2. The molecule has 1 unspecified atom stereocenters. The Hall–Kier alpha value is -1.84. The fourth-order valence-electron chi connectivity index (χ4n) is 1.66. The van der Waals surface area contributed by atoms with Crippen molar-refractivity contribution in [2.75, 3.05) is 12.3 Å². The lowest BCUT2D eigenvalue weighted by molar-refractivity contribution is -0.122. The first-order valence-electron chi connectivity index (χ1n) is 6.58. The number of hydrogen-bond donors (Lipinski definition) is 1. The van der Waals surface area contributed by atoms with Gasteiger partial charge in [-0.05, 0) is 25.0 Å². The van der Waals surface area contributed by atoms with Crippen LogP contribution in [0.3, 0.4) is 0 Å². The summed E-state index contributed by atoms with van der Waals surface area (Å²) in [5, 5.41) is 0. The Morgan fingerprint density at radius 1 is 1.47 bits per heavy atom. The van der Waals surface area contributed by atoms with Crippen molar-refractivity contribution in [3.8, 4) is 5.75 Å². The molecule has 0 aliphatic rings. The van der Waals surface area contributed by atoms with Crippen molar-refractivity contribution in [3.63, 3.8) is 0 Å². The van der Waals surface area contributed by atoms with E-state index in [-0.39, 0.29) is 11.7 Å². The predicted molar refractivity (Wildman–Crippen MR) is 75.4 cm³/mol. The predicted octanol–water partition coefficient (Wildman–Crippen LogP) is 2.86. The van der Waals surface area contributed by atoms with E-state index >= 15 is 0 Å². The number of Topliss-reactive ketones (excluding diaryl/α,β-unsaturated/α-hetero) is 1. The van der Waals surface area contributed by atoms with Crippen LogP contribution in [0, 0.1) is 5.92 Å². The third-order valence-electron chi connectivity index (χ3n) is 3.18. The van der Waals surface area contributed by atoms with Gasteiger partial charge >= 0.3 is 0 Å². The summed E-state index contributed by atoms with van der Waals surface area (Å²) in [6.45, 7) is 4.43. The van der Waals surface area contributed by atoms with Crippen LogP contribution >= 0.6 is 0 Å². The molecule has 0 aliphatic carbocycles. The molecule has 0 aliphatic heterocycles. The SMILES string of the molecule is CCC(C)C(=O)CCCOc1ccc(C=O)c(N)c1. The maximum Gasteiger partial charge on any atom is 0.152 e. The molecule has 0 spiro atoms. The highest BCUT2D eigenvalue weighted by molar-refractivity contribution is 5.83. The number of nitrogens with two attached hydrogens (primary N) is 1. The van der Waals surface area contributed by atoms with Gasteiger partial charge < -0.3 is 10.5 Å². The van der Waals surface area contributed by atoms with Gasteiger partial charge in [-0.2, -0.15) is 0 Å². The molecule has 0 saturated heterocycles. The van der Waals surface area contributed by atoms with Gasteiger partial charge in [-0.25, -0.2) is 0 Å². The molecule has 1 rings (SSSR count). The van der Waals surface area contributed by atoms with Gasteiger partial charge in [0.25, 0.3) is 0 Å². The zero-order chi connectivity index (χ0) is 14.3. The van der Waals surface area contributed by atoms with Crippen LogP contribution < -0.4 is 10.5 Å². The van der Waals surface area contributed by atoms with Crippen molar-refractivity contribution in [2.24, 2.45) is 5.92 Å². The van der Waals surface area contributed by atoms with Crippen molar-refractivity contribution in [3.05, 3.63) is 23.8 Å². The van der Waals surface area contributed by atoms with E-state index in [0.29, 0.717) is 42.7 Å². The van der Waals surface area contributed by atoms with Crippen LogP contribution in [0.15, 0.2) is 18.2 Å². The summed E-state index contributed by atoms with van der Waals surface area (Å²) in [5.74, 6) is 1.03. The summed E-state index contributed by atoms with van der Waals surface area (Å²) in [6.07, 6.45) is 2.82. The lowest BCUT2D eigenvalue weighted by Crippen LogP contribution is -2.11. The number of benzene rings is 1. The highest BCUT2D eigenvalue weighted by Gasteiger charge is 2.09. The molecule has 0 heterocycles. The number of anilines is 1. The number of rotatable bonds is 8. The maximum atomic E-state index is 11.6. The lowest BCUT2D eigenvalue weighted by Gasteiger charge is -2.09. The molecule has 4 heteroatoms. The van der Waals surface area contributed by atoms with Crippen LogP contribution in [-0.4, -0.2) is 18.7 Å². The largest absolute Gasteiger partial charge is 0.494 e. The molecule has 0 saturated carbocycles.